The minimum absolute atomic E-state index is 0.0526. The molecule has 0 unspecified atom stereocenters. The van der Waals surface area contributed by atoms with Gasteiger partial charge in [-0.1, -0.05) is 17.7 Å². The van der Waals surface area contributed by atoms with Gasteiger partial charge in [-0.3, -0.25) is 9.20 Å². The number of pyridine rings is 1. The lowest BCUT2D eigenvalue weighted by atomic mass is 10.1. The second-order valence-electron chi connectivity index (χ2n) is 6.10. The van der Waals surface area contributed by atoms with Gasteiger partial charge >= 0.3 is 0 Å². The summed E-state index contributed by atoms with van der Waals surface area (Å²) in [6.07, 6.45) is 5.11. The predicted molar refractivity (Wildman–Crippen MR) is 102 cm³/mol. The Morgan fingerprint density at radius 3 is 2.69 bits per heavy atom. The molecule has 0 atom stereocenters. The summed E-state index contributed by atoms with van der Waals surface area (Å²) in [6, 6.07) is 9.24. The molecule has 0 amide bonds. The lowest BCUT2D eigenvalue weighted by Crippen LogP contribution is -2.19. The van der Waals surface area contributed by atoms with Crippen LogP contribution in [0.5, 0.6) is 11.5 Å². The maximum absolute atomic E-state index is 12.8. The van der Waals surface area contributed by atoms with Crippen molar-refractivity contribution in [1.29, 1.82) is 0 Å². The Balaban J connectivity index is 1.83. The van der Waals surface area contributed by atoms with E-state index in [2.05, 4.69) is 0 Å². The van der Waals surface area contributed by atoms with Crippen LogP contribution in [0.3, 0.4) is 0 Å². The molecule has 0 saturated carbocycles. The summed E-state index contributed by atoms with van der Waals surface area (Å²) < 4.78 is 12.2. The van der Waals surface area contributed by atoms with Gasteiger partial charge in [0.05, 0.1) is 24.9 Å². The van der Waals surface area contributed by atoms with Crippen molar-refractivity contribution in [3.05, 3.63) is 68.7 Å². The molecule has 26 heavy (non-hydrogen) atoms. The van der Waals surface area contributed by atoms with Crippen LogP contribution in [-0.2, 0) is 6.42 Å². The van der Waals surface area contributed by atoms with Gasteiger partial charge in [0.2, 0.25) is 0 Å². The topological polar surface area (TPSA) is 52.8 Å². The van der Waals surface area contributed by atoms with Crippen molar-refractivity contribution in [3.63, 3.8) is 0 Å². The number of benzene rings is 1. The molecule has 3 aromatic rings. The van der Waals surface area contributed by atoms with Crippen molar-refractivity contribution in [3.8, 4) is 11.5 Å². The van der Waals surface area contributed by atoms with Crippen LogP contribution in [0, 0.1) is 0 Å². The Bertz CT molecular complexity index is 1100. The van der Waals surface area contributed by atoms with Crippen LogP contribution in [0.1, 0.15) is 23.2 Å². The highest BCUT2D eigenvalue weighted by molar-refractivity contribution is 6.30. The molecular weight excluding hydrogens is 352 g/mol. The number of halogens is 1. The molecule has 1 aliphatic carbocycles. The third kappa shape index (κ3) is 2.74. The average molecular weight is 369 g/mol. The Hall–Kier alpha value is -2.79. The van der Waals surface area contributed by atoms with E-state index in [1.807, 2.05) is 24.3 Å². The number of hydrogen-bond acceptors (Lipinski definition) is 4. The van der Waals surface area contributed by atoms with Crippen molar-refractivity contribution >= 4 is 28.9 Å². The fourth-order valence-corrected chi connectivity index (χ4v) is 3.46. The molecule has 5 nitrogen and oxygen atoms in total. The number of ether oxygens (including phenoxy) is 2. The minimum Gasteiger partial charge on any atom is -0.493 e. The first kappa shape index (κ1) is 16.7. The van der Waals surface area contributed by atoms with E-state index in [4.69, 9.17) is 26.1 Å². The molecular formula is C20H17ClN2O3. The van der Waals surface area contributed by atoms with Crippen molar-refractivity contribution in [2.75, 3.05) is 14.2 Å². The number of methoxy groups -OCH3 is 2. The van der Waals surface area contributed by atoms with Gasteiger partial charge in [-0.25, -0.2) is 4.98 Å². The molecule has 0 aliphatic heterocycles. The monoisotopic (exact) mass is 368 g/mol. The van der Waals surface area contributed by atoms with Crippen LogP contribution in [0.25, 0.3) is 17.3 Å². The summed E-state index contributed by atoms with van der Waals surface area (Å²) in [5.41, 5.74) is 4.07. The van der Waals surface area contributed by atoms with E-state index in [0.29, 0.717) is 28.6 Å². The molecule has 2 aromatic heterocycles. The predicted octanol–water partition coefficient (Wildman–Crippen LogP) is 3.85. The van der Waals surface area contributed by atoms with Crippen molar-refractivity contribution in [2.45, 2.75) is 12.8 Å². The highest BCUT2D eigenvalue weighted by Crippen LogP contribution is 2.33. The lowest BCUT2D eigenvalue weighted by Gasteiger charge is -2.09. The van der Waals surface area contributed by atoms with Crippen molar-refractivity contribution in [1.82, 2.24) is 9.38 Å². The third-order valence-corrected chi connectivity index (χ3v) is 4.80. The van der Waals surface area contributed by atoms with Gasteiger partial charge in [-0.15, -0.1) is 0 Å². The minimum atomic E-state index is -0.0526. The van der Waals surface area contributed by atoms with Gasteiger partial charge in [-0.05, 0) is 54.3 Å². The fraction of sp³-hybridized carbons (Fsp3) is 0.200. The largest absolute Gasteiger partial charge is 0.493 e. The molecule has 132 valence electrons. The number of hydrogen-bond donors (Lipinski definition) is 0. The maximum atomic E-state index is 12.8. The van der Waals surface area contributed by atoms with Gasteiger partial charge in [-0.2, -0.15) is 0 Å². The molecule has 0 spiro atoms. The Kier molecular flexibility index (Phi) is 4.17. The quantitative estimate of drug-likeness (QED) is 0.704. The van der Waals surface area contributed by atoms with E-state index in [1.165, 1.54) is 4.40 Å². The van der Waals surface area contributed by atoms with E-state index in [1.54, 1.807) is 32.5 Å². The van der Waals surface area contributed by atoms with Crippen LogP contribution < -0.4 is 15.0 Å². The van der Waals surface area contributed by atoms with Gasteiger partial charge < -0.3 is 9.47 Å². The van der Waals surface area contributed by atoms with Crippen LogP contribution in [0.4, 0.5) is 0 Å². The first-order valence-corrected chi connectivity index (χ1v) is 8.62. The SMILES string of the molecule is COc1ccc(C=C2CCc3c2nc2ccc(Cl)cn2c3=O)cc1OC. The smallest absolute Gasteiger partial charge is 0.261 e. The maximum Gasteiger partial charge on any atom is 0.261 e. The molecule has 1 aliphatic rings. The standard InChI is InChI=1S/C20H17ClN2O3/c1-25-16-7-3-12(10-17(16)26-2)9-13-4-6-15-19(13)22-18-8-5-14(21)11-23(18)20(15)24/h3,5,7-11H,4,6H2,1-2H3. The third-order valence-electron chi connectivity index (χ3n) is 4.58. The number of fused-ring (bicyclic) bond motifs is 2. The Labute approximate surface area is 155 Å². The number of allylic oxidation sites excluding steroid dienone is 1. The van der Waals surface area contributed by atoms with Crippen LogP contribution in [0.15, 0.2) is 41.3 Å². The van der Waals surface area contributed by atoms with Crippen LogP contribution in [0.2, 0.25) is 5.02 Å². The zero-order chi connectivity index (χ0) is 18.3. The highest BCUT2D eigenvalue weighted by atomic mass is 35.5. The van der Waals surface area contributed by atoms with E-state index in [0.717, 1.165) is 28.8 Å². The molecule has 0 N–H and O–H groups in total. The van der Waals surface area contributed by atoms with Gasteiger partial charge in [0.25, 0.3) is 5.56 Å². The molecule has 0 saturated heterocycles. The first-order valence-electron chi connectivity index (χ1n) is 8.24. The van der Waals surface area contributed by atoms with Crippen LogP contribution >= 0.6 is 11.6 Å². The lowest BCUT2D eigenvalue weighted by molar-refractivity contribution is 0.355. The summed E-state index contributed by atoms with van der Waals surface area (Å²) in [4.78, 5) is 17.4. The first-order chi connectivity index (χ1) is 12.6. The fourth-order valence-electron chi connectivity index (χ4n) is 3.30. The number of nitrogens with zero attached hydrogens (tertiary/aromatic N) is 2. The average Bonchev–Trinajstić information content (AvgIpc) is 3.05. The summed E-state index contributed by atoms with van der Waals surface area (Å²) in [5, 5.41) is 0.514. The van der Waals surface area contributed by atoms with Gasteiger partial charge in [0.1, 0.15) is 5.65 Å². The van der Waals surface area contributed by atoms with Gasteiger partial charge in [0.15, 0.2) is 11.5 Å². The molecule has 0 radical (unpaired) electrons. The summed E-state index contributed by atoms with van der Waals surface area (Å²) in [6.45, 7) is 0. The molecule has 0 fully saturated rings. The normalized spacial score (nSPS) is 14.7. The van der Waals surface area contributed by atoms with E-state index in [-0.39, 0.29) is 5.56 Å². The second-order valence-corrected chi connectivity index (χ2v) is 6.54. The zero-order valence-electron chi connectivity index (χ0n) is 14.5. The summed E-state index contributed by atoms with van der Waals surface area (Å²) in [7, 11) is 3.22. The van der Waals surface area contributed by atoms with E-state index >= 15 is 0 Å². The van der Waals surface area contributed by atoms with E-state index in [9.17, 15) is 4.79 Å². The van der Waals surface area contributed by atoms with E-state index < -0.39 is 0 Å². The number of rotatable bonds is 3. The highest BCUT2D eigenvalue weighted by Gasteiger charge is 2.22. The summed E-state index contributed by atoms with van der Waals surface area (Å²) >= 11 is 6.01. The van der Waals surface area contributed by atoms with Gasteiger partial charge in [0, 0.05) is 11.8 Å². The molecule has 4 rings (SSSR count). The number of aromatic nitrogens is 2. The molecule has 1 aromatic carbocycles. The van der Waals surface area contributed by atoms with Crippen LogP contribution in [-0.4, -0.2) is 23.6 Å². The van der Waals surface area contributed by atoms with Crippen molar-refractivity contribution in [2.24, 2.45) is 0 Å². The molecule has 0 bridgehead atoms. The Morgan fingerprint density at radius 2 is 1.92 bits per heavy atom. The summed E-state index contributed by atoms with van der Waals surface area (Å²) in [5.74, 6) is 1.35. The molecule has 6 heteroatoms. The molecule has 2 heterocycles. The zero-order valence-corrected chi connectivity index (χ0v) is 15.2. The second kappa shape index (κ2) is 6.50. The van der Waals surface area contributed by atoms with Crippen molar-refractivity contribution < 1.29 is 9.47 Å². The Morgan fingerprint density at radius 1 is 1.12 bits per heavy atom.